The zero-order valence-corrected chi connectivity index (χ0v) is 10.1. The van der Waals surface area contributed by atoms with E-state index in [1.807, 2.05) is 11.3 Å². The third kappa shape index (κ3) is 1.55. The molecular weight excluding hydrogens is 202 g/mol. The van der Waals surface area contributed by atoms with Crippen LogP contribution in [0.15, 0.2) is 17.5 Å². The van der Waals surface area contributed by atoms with Crippen molar-refractivity contribution in [2.45, 2.75) is 31.6 Å². The topological polar surface area (TPSA) is 12.0 Å². The molecule has 82 valence electrons. The van der Waals surface area contributed by atoms with Gasteiger partial charge in [-0.05, 0) is 55.6 Å². The number of hydrogen-bond acceptors (Lipinski definition) is 2. The van der Waals surface area contributed by atoms with Gasteiger partial charge >= 0.3 is 0 Å². The first-order valence-corrected chi connectivity index (χ1v) is 7.00. The van der Waals surface area contributed by atoms with Crippen molar-refractivity contribution in [3.8, 4) is 0 Å². The van der Waals surface area contributed by atoms with E-state index in [-0.39, 0.29) is 0 Å². The summed E-state index contributed by atoms with van der Waals surface area (Å²) in [6, 6.07) is 4.57. The Balaban J connectivity index is 1.75. The van der Waals surface area contributed by atoms with Gasteiger partial charge in [0.15, 0.2) is 0 Å². The minimum Gasteiger partial charge on any atom is -0.317 e. The lowest BCUT2D eigenvalue weighted by Gasteiger charge is -2.15. The van der Waals surface area contributed by atoms with Crippen molar-refractivity contribution >= 4 is 11.3 Å². The van der Waals surface area contributed by atoms with Crippen LogP contribution in [-0.4, -0.2) is 13.1 Å². The zero-order chi connectivity index (χ0) is 10.3. The van der Waals surface area contributed by atoms with E-state index in [0.29, 0.717) is 5.41 Å². The molecule has 2 saturated carbocycles. The van der Waals surface area contributed by atoms with Crippen LogP contribution in [0.4, 0.5) is 0 Å². The fraction of sp³-hybridized carbons (Fsp3) is 0.692. The Kier molecular flexibility index (Phi) is 2.37. The van der Waals surface area contributed by atoms with E-state index in [4.69, 9.17) is 0 Å². The number of hydrogen-bond donors (Lipinski definition) is 1. The van der Waals surface area contributed by atoms with Crippen molar-refractivity contribution in [2.24, 2.45) is 11.8 Å². The van der Waals surface area contributed by atoms with Crippen molar-refractivity contribution in [3.63, 3.8) is 0 Å². The number of rotatable bonds is 5. The van der Waals surface area contributed by atoms with E-state index >= 15 is 0 Å². The third-order valence-corrected chi connectivity index (χ3v) is 5.14. The molecule has 0 saturated heterocycles. The van der Waals surface area contributed by atoms with Crippen LogP contribution in [-0.2, 0) is 5.41 Å². The molecule has 1 aromatic rings. The molecule has 1 heterocycles. The highest BCUT2D eigenvalue weighted by molar-refractivity contribution is 7.10. The minimum absolute atomic E-state index is 0.607. The average Bonchev–Trinajstić information content (AvgIpc) is 3.14. The van der Waals surface area contributed by atoms with Gasteiger partial charge < -0.3 is 5.32 Å². The van der Waals surface area contributed by atoms with Gasteiger partial charge in [0, 0.05) is 10.3 Å². The first-order valence-electron chi connectivity index (χ1n) is 6.12. The maximum absolute atomic E-state index is 3.51. The van der Waals surface area contributed by atoms with E-state index in [9.17, 15) is 0 Å². The lowest BCUT2D eigenvalue weighted by Crippen LogP contribution is -2.21. The molecule has 2 heteroatoms. The molecule has 0 spiro atoms. The van der Waals surface area contributed by atoms with E-state index in [0.717, 1.165) is 18.4 Å². The van der Waals surface area contributed by atoms with Gasteiger partial charge in [-0.3, -0.25) is 0 Å². The fourth-order valence-corrected chi connectivity index (χ4v) is 4.16. The minimum atomic E-state index is 0.607. The highest BCUT2D eigenvalue weighted by atomic mass is 32.1. The molecule has 1 N–H and O–H groups in total. The fourth-order valence-electron chi connectivity index (χ4n) is 3.07. The first-order chi connectivity index (χ1) is 7.38. The summed E-state index contributed by atoms with van der Waals surface area (Å²) in [6.45, 7) is 4.54. The molecule has 0 amide bonds. The van der Waals surface area contributed by atoms with Gasteiger partial charge in [0.2, 0.25) is 0 Å². The largest absolute Gasteiger partial charge is 0.317 e. The van der Waals surface area contributed by atoms with Crippen LogP contribution < -0.4 is 5.32 Å². The van der Waals surface area contributed by atoms with Crippen LogP contribution in [0.1, 0.15) is 31.1 Å². The molecule has 1 nitrogen and oxygen atoms in total. The van der Waals surface area contributed by atoms with Gasteiger partial charge in [0.05, 0.1) is 0 Å². The summed E-state index contributed by atoms with van der Waals surface area (Å²) < 4.78 is 0. The standard InChI is InChI=1S/C13H19NS/c1-2-14-9-11-8-13(11,10-5-6-10)12-4-3-7-15-12/h3-4,7,10-11,14H,2,5-6,8-9H2,1H3. The lowest BCUT2D eigenvalue weighted by molar-refractivity contribution is 0.516. The summed E-state index contributed by atoms with van der Waals surface area (Å²) in [5.74, 6) is 1.93. The maximum atomic E-state index is 3.51. The van der Waals surface area contributed by atoms with Gasteiger partial charge in [0.1, 0.15) is 0 Å². The van der Waals surface area contributed by atoms with Gasteiger partial charge in [-0.25, -0.2) is 0 Å². The SMILES string of the molecule is CCNCC1CC1(c1cccs1)C1CC1. The van der Waals surface area contributed by atoms with Crippen LogP contribution in [0.25, 0.3) is 0 Å². The second kappa shape index (κ2) is 3.60. The molecule has 0 aliphatic heterocycles. The van der Waals surface area contributed by atoms with Gasteiger partial charge in [0.25, 0.3) is 0 Å². The Morgan fingerprint density at radius 1 is 1.53 bits per heavy atom. The average molecular weight is 221 g/mol. The van der Waals surface area contributed by atoms with E-state index in [1.54, 1.807) is 4.88 Å². The normalized spacial score (nSPS) is 34.3. The second-order valence-electron chi connectivity index (χ2n) is 5.00. The van der Waals surface area contributed by atoms with Crippen LogP contribution in [0.3, 0.4) is 0 Å². The Hall–Kier alpha value is -0.340. The highest BCUT2D eigenvalue weighted by Crippen LogP contribution is 2.66. The highest BCUT2D eigenvalue weighted by Gasteiger charge is 2.62. The van der Waals surface area contributed by atoms with Crippen molar-refractivity contribution in [1.82, 2.24) is 5.32 Å². The first kappa shape index (κ1) is 9.86. The molecule has 2 aliphatic carbocycles. The number of nitrogens with one attached hydrogen (secondary N) is 1. The van der Waals surface area contributed by atoms with E-state index in [2.05, 4.69) is 29.8 Å². The van der Waals surface area contributed by atoms with E-state index < -0.39 is 0 Å². The molecule has 1 aromatic heterocycles. The Labute approximate surface area is 95.9 Å². The quantitative estimate of drug-likeness (QED) is 0.806. The molecule has 2 aliphatic rings. The van der Waals surface area contributed by atoms with Crippen molar-refractivity contribution in [1.29, 1.82) is 0 Å². The van der Waals surface area contributed by atoms with Crippen LogP contribution >= 0.6 is 11.3 Å². The Morgan fingerprint density at radius 2 is 2.40 bits per heavy atom. The van der Waals surface area contributed by atoms with E-state index in [1.165, 1.54) is 25.8 Å². The molecule has 0 bridgehead atoms. The van der Waals surface area contributed by atoms with Crippen LogP contribution in [0, 0.1) is 11.8 Å². The monoisotopic (exact) mass is 221 g/mol. The predicted octanol–water partition coefficient (Wildman–Crippen LogP) is 3.03. The molecule has 2 unspecified atom stereocenters. The molecule has 15 heavy (non-hydrogen) atoms. The van der Waals surface area contributed by atoms with Gasteiger partial charge in [-0.2, -0.15) is 0 Å². The molecule has 3 rings (SSSR count). The molecule has 2 atom stereocenters. The summed E-state index contributed by atoms with van der Waals surface area (Å²) >= 11 is 1.97. The molecule has 0 radical (unpaired) electrons. The summed E-state index contributed by atoms with van der Waals surface area (Å²) in [4.78, 5) is 1.66. The summed E-state index contributed by atoms with van der Waals surface area (Å²) in [6.07, 6.45) is 4.38. The summed E-state index contributed by atoms with van der Waals surface area (Å²) in [5.41, 5.74) is 0.607. The van der Waals surface area contributed by atoms with Crippen LogP contribution in [0.5, 0.6) is 0 Å². The van der Waals surface area contributed by atoms with Crippen molar-refractivity contribution in [3.05, 3.63) is 22.4 Å². The second-order valence-corrected chi connectivity index (χ2v) is 5.95. The lowest BCUT2D eigenvalue weighted by atomic mass is 9.95. The molecular formula is C13H19NS. The summed E-state index contributed by atoms with van der Waals surface area (Å²) in [5, 5.41) is 5.75. The van der Waals surface area contributed by atoms with Gasteiger partial charge in [-0.15, -0.1) is 11.3 Å². The smallest absolute Gasteiger partial charge is 0.0119 e. The summed E-state index contributed by atoms with van der Waals surface area (Å²) in [7, 11) is 0. The van der Waals surface area contributed by atoms with Gasteiger partial charge in [-0.1, -0.05) is 13.0 Å². The molecule has 2 fully saturated rings. The predicted molar refractivity (Wildman–Crippen MR) is 65.4 cm³/mol. The third-order valence-electron chi connectivity index (χ3n) is 4.08. The maximum Gasteiger partial charge on any atom is 0.0119 e. The Morgan fingerprint density at radius 3 is 3.00 bits per heavy atom. The van der Waals surface area contributed by atoms with Crippen molar-refractivity contribution in [2.75, 3.05) is 13.1 Å². The zero-order valence-electron chi connectivity index (χ0n) is 9.33. The Bertz CT molecular complexity index is 328. The molecule has 0 aromatic carbocycles. The van der Waals surface area contributed by atoms with Crippen molar-refractivity contribution < 1.29 is 0 Å². The van der Waals surface area contributed by atoms with Crippen LogP contribution in [0.2, 0.25) is 0 Å². The number of thiophene rings is 1.